The van der Waals surface area contributed by atoms with Crippen molar-refractivity contribution in [1.29, 1.82) is 0 Å². The highest BCUT2D eigenvalue weighted by Gasteiger charge is 2.01. The zero-order chi connectivity index (χ0) is 9.68. The van der Waals surface area contributed by atoms with Crippen molar-refractivity contribution in [3.8, 4) is 0 Å². The van der Waals surface area contributed by atoms with Gasteiger partial charge < -0.3 is 0 Å². The summed E-state index contributed by atoms with van der Waals surface area (Å²) in [5, 5.41) is 0. The summed E-state index contributed by atoms with van der Waals surface area (Å²) in [5.74, 6) is -0.346. The topological polar surface area (TPSA) is 0 Å². The van der Waals surface area contributed by atoms with Crippen molar-refractivity contribution in [2.45, 2.75) is 0 Å². The summed E-state index contributed by atoms with van der Waals surface area (Å²) in [6, 6.07) is 9.26. The molecule has 0 radical (unpaired) electrons. The van der Waals surface area contributed by atoms with Crippen LogP contribution in [0.3, 0.4) is 0 Å². The molecule has 66 valence electrons. The molecule has 0 saturated heterocycles. The van der Waals surface area contributed by atoms with E-state index < -0.39 is 0 Å². The second kappa shape index (κ2) is 4.41. The van der Waals surface area contributed by atoms with Crippen LogP contribution in [0.5, 0.6) is 0 Å². The molecule has 1 rings (SSSR count). The van der Waals surface area contributed by atoms with Crippen LogP contribution in [0.25, 0.3) is 5.57 Å². The lowest BCUT2D eigenvalue weighted by Gasteiger charge is -2.01. The molecule has 0 heterocycles. The van der Waals surface area contributed by atoms with Crippen molar-refractivity contribution in [3.63, 3.8) is 0 Å². The lowest BCUT2D eigenvalue weighted by atomic mass is 10.1. The van der Waals surface area contributed by atoms with Crippen LogP contribution >= 0.6 is 0 Å². The van der Waals surface area contributed by atoms with Gasteiger partial charge in [-0.25, -0.2) is 4.39 Å². The Morgan fingerprint density at radius 1 is 1.08 bits per heavy atom. The van der Waals surface area contributed by atoms with Crippen molar-refractivity contribution in [1.82, 2.24) is 0 Å². The summed E-state index contributed by atoms with van der Waals surface area (Å²) in [4.78, 5) is 0. The van der Waals surface area contributed by atoms with E-state index in [0.29, 0.717) is 5.57 Å². The average Bonchev–Trinajstić information content (AvgIpc) is 2.20. The monoisotopic (exact) mass is 174 g/mol. The molecule has 0 N–H and O–H groups in total. The molecule has 0 aliphatic heterocycles. The third-order valence-electron chi connectivity index (χ3n) is 1.73. The smallest absolute Gasteiger partial charge is 0.130 e. The van der Waals surface area contributed by atoms with Gasteiger partial charge in [0, 0.05) is 5.57 Å². The van der Waals surface area contributed by atoms with Gasteiger partial charge in [0.25, 0.3) is 0 Å². The maximum atomic E-state index is 13.2. The quantitative estimate of drug-likeness (QED) is 0.612. The first-order chi connectivity index (χ1) is 6.29. The minimum atomic E-state index is -0.346. The van der Waals surface area contributed by atoms with Crippen molar-refractivity contribution in [3.05, 3.63) is 67.0 Å². The largest absolute Gasteiger partial charge is 0.206 e. The van der Waals surface area contributed by atoms with Gasteiger partial charge in [-0.1, -0.05) is 49.6 Å². The van der Waals surface area contributed by atoms with Gasteiger partial charge in [0.15, 0.2) is 0 Å². The molecule has 1 heteroatoms. The third kappa shape index (κ3) is 2.15. The third-order valence-corrected chi connectivity index (χ3v) is 1.73. The van der Waals surface area contributed by atoms with E-state index in [1.807, 2.05) is 30.3 Å². The summed E-state index contributed by atoms with van der Waals surface area (Å²) in [5.41, 5.74) is 1.30. The molecule has 1 aromatic rings. The molecular weight excluding hydrogens is 163 g/mol. The molecule has 0 aliphatic carbocycles. The fraction of sp³-hybridized carbons (Fsp3) is 0. The molecule has 0 saturated carbocycles. The summed E-state index contributed by atoms with van der Waals surface area (Å²) in [7, 11) is 0. The maximum absolute atomic E-state index is 13.2. The molecule has 0 unspecified atom stereocenters. The van der Waals surface area contributed by atoms with E-state index in [2.05, 4.69) is 13.2 Å². The number of rotatable bonds is 3. The standard InChI is InChI=1S/C12H11F/c1-3-11(12(13)4-2)10-8-6-5-7-9-10/h3-9H,1-2H2/b12-11-. The summed E-state index contributed by atoms with van der Waals surface area (Å²) in [6.45, 7) is 6.94. The van der Waals surface area contributed by atoms with E-state index >= 15 is 0 Å². The highest BCUT2D eigenvalue weighted by molar-refractivity contribution is 5.76. The predicted octanol–water partition coefficient (Wildman–Crippen LogP) is 3.74. The first-order valence-corrected chi connectivity index (χ1v) is 3.99. The molecule has 1 aromatic carbocycles. The molecule has 0 atom stereocenters. The van der Waals surface area contributed by atoms with Crippen LogP contribution in [0.15, 0.2) is 61.5 Å². The Morgan fingerprint density at radius 3 is 2.15 bits per heavy atom. The Morgan fingerprint density at radius 2 is 1.69 bits per heavy atom. The van der Waals surface area contributed by atoms with Gasteiger partial charge in [-0.05, 0) is 11.6 Å². The van der Waals surface area contributed by atoms with Crippen LogP contribution < -0.4 is 0 Å². The summed E-state index contributed by atoms with van der Waals surface area (Å²) >= 11 is 0. The van der Waals surface area contributed by atoms with Crippen LogP contribution in [-0.4, -0.2) is 0 Å². The maximum Gasteiger partial charge on any atom is 0.130 e. The first-order valence-electron chi connectivity index (χ1n) is 3.99. The molecule has 0 amide bonds. The summed E-state index contributed by atoms with van der Waals surface area (Å²) in [6.07, 6.45) is 2.68. The molecule has 0 bridgehead atoms. The zero-order valence-corrected chi connectivity index (χ0v) is 7.33. The van der Waals surface area contributed by atoms with E-state index in [1.165, 1.54) is 12.2 Å². The lowest BCUT2D eigenvalue weighted by molar-refractivity contribution is 0.672. The number of benzene rings is 1. The number of halogens is 1. The molecule has 0 fully saturated rings. The molecule has 0 spiro atoms. The molecular formula is C12H11F. The van der Waals surface area contributed by atoms with Crippen LogP contribution in [0.2, 0.25) is 0 Å². The second-order valence-electron chi connectivity index (χ2n) is 2.54. The SMILES string of the molecule is C=C/C(F)=C(\C=C)c1ccccc1. The van der Waals surface area contributed by atoms with Gasteiger partial charge in [-0.2, -0.15) is 0 Å². The Hall–Kier alpha value is -1.63. The highest BCUT2D eigenvalue weighted by Crippen LogP contribution is 2.20. The van der Waals surface area contributed by atoms with E-state index in [-0.39, 0.29) is 5.83 Å². The summed E-state index contributed by atoms with van der Waals surface area (Å²) < 4.78 is 13.2. The Kier molecular flexibility index (Phi) is 3.21. The Balaban J connectivity index is 3.20. The van der Waals surface area contributed by atoms with Crippen molar-refractivity contribution < 1.29 is 4.39 Å². The van der Waals surface area contributed by atoms with E-state index in [1.54, 1.807) is 0 Å². The van der Waals surface area contributed by atoms with Gasteiger partial charge >= 0.3 is 0 Å². The van der Waals surface area contributed by atoms with Gasteiger partial charge in [0.2, 0.25) is 0 Å². The zero-order valence-electron chi connectivity index (χ0n) is 7.33. The van der Waals surface area contributed by atoms with Gasteiger partial charge in [-0.3, -0.25) is 0 Å². The van der Waals surface area contributed by atoms with E-state index in [4.69, 9.17) is 0 Å². The van der Waals surface area contributed by atoms with Gasteiger partial charge in [-0.15, -0.1) is 0 Å². The Bertz CT molecular complexity index is 333. The van der Waals surface area contributed by atoms with Crippen LogP contribution in [0.4, 0.5) is 4.39 Å². The van der Waals surface area contributed by atoms with Crippen LogP contribution in [-0.2, 0) is 0 Å². The fourth-order valence-corrected chi connectivity index (χ4v) is 1.08. The molecule has 0 aliphatic rings. The lowest BCUT2D eigenvalue weighted by Crippen LogP contribution is -1.81. The van der Waals surface area contributed by atoms with Gasteiger partial charge in [0.05, 0.1) is 0 Å². The number of hydrogen-bond donors (Lipinski definition) is 0. The average molecular weight is 174 g/mol. The first kappa shape index (κ1) is 9.46. The van der Waals surface area contributed by atoms with Crippen molar-refractivity contribution >= 4 is 5.57 Å². The van der Waals surface area contributed by atoms with Crippen LogP contribution in [0.1, 0.15) is 5.56 Å². The van der Waals surface area contributed by atoms with Crippen molar-refractivity contribution in [2.75, 3.05) is 0 Å². The highest BCUT2D eigenvalue weighted by atomic mass is 19.1. The van der Waals surface area contributed by atoms with Gasteiger partial charge in [0.1, 0.15) is 5.83 Å². The number of allylic oxidation sites excluding steroid dienone is 4. The minimum Gasteiger partial charge on any atom is -0.206 e. The fourth-order valence-electron chi connectivity index (χ4n) is 1.08. The van der Waals surface area contributed by atoms with E-state index in [0.717, 1.165) is 5.56 Å². The minimum absolute atomic E-state index is 0.346. The molecule has 0 aromatic heterocycles. The van der Waals surface area contributed by atoms with E-state index in [9.17, 15) is 4.39 Å². The van der Waals surface area contributed by atoms with Crippen molar-refractivity contribution in [2.24, 2.45) is 0 Å². The molecule has 0 nitrogen and oxygen atoms in total. The molecule has 13 heavy (non-hydrogen) atoms. The second-order valence-corrected chi connectivity index (χ2v) is 2.54. The van der Waals surface area contributed by atoms with Crippen LogP contribution in [0, 0.1) is 0 Å². The normalized spacial score (nSPS) is 11.8. The predicted molar refractivity (Wildman–Crippen MR) is 54.9 cm³/mol. The Labute approximate surface area is 77.7 Å². The number of hydrogen-bond acceptors (Lipinski definition) is 0.